The first-order valence-electron chi connectivity index (χ1n) is 9.49. The standard InChI is InChI=1S/C21H24N4O3/c1-13-10-20-23-14(2)17(15(3)25(20)24-13)8-9-21(26)22-11-16-12-27-18-6-4-5-7-19(18)28-16/h4-7,10,16H,8-9,11-12H2,1-3H3,(H,22,26)/t16-/m1/s1. The summed E-state index contributed by atoms with van der Waals surface area (Å²) in [5.74, 6) is 1.44. The van der Waals surface area contributed by atoms with E-state index < -0.39 is 0 Å². The maximum atomic E-state index is 12.3. The van der Waals surface area contributed by atoms with E-state index in [1.54, 1.807) is 0 Å². The third-order valence-corrected chi connectivity index (χ3v) is 4.98. The minimum Gasteiger partial charge on any atom is -0.486 e. The Labute approximate surface area is 163 Å². The van der Waals surface area contributed by atoms with E-state index in [1.807, 2.05) is 55.6 Å². The van der Waals surface area contributed by atoms with Crippen molar-refractivity contribution in [2.24, 2.45) is 0 Å². The van der Waals surface area contributed by atoms with E-state index in [0.29, 0.717) is 31.7 Å². The number of nitrogens with zero attached hydrogens (tertiary/aromatic N) is 3. The van der Waals surface area contributed by atoms with Gasteiger partial charge in [-0.3, -0.25) is 4.79 Å². The van der Waals surface area contributed by atoms with Crippen LogP contribution in [-0.2, 0) is 11.2 Å². The number of hydrogen-bond donors (Lipinski definition) is 1. The quantitative estimate of drug-likeness (QED) is 0.736. The van der Waals surface area contributed by atoms with E-state index in [2.05, 4.69) is 15.4 Å². The SMILES string of the molecule is Cc1cc2nc(C)c(CCC(=O)NC[C@@H]3COc4ccccc4O3)c(C)n2n1. The number of rotatable bonds is 5. The number of carbonyl (C=O) groups is 1. The second kappa shape index (κ2) is 7.50. The summed E-state index contributed by atoms with van der Waals surface area (Å²) in [6, 6.07) is 9.52. The van der Waals surface area contributed by atoms with Gasteiger partial charge >= 0.3 is 0 Å². The highest BCUT2D eigenvalue weighted by Gasteiger charge is 2.21. The smallest absolute Gasteiger partial charge is 0.220 e. The van der Waals surface area contributed by atoms with Crippen LogP contribution >= 0.6 is 0 Å². The van der Waals surface area contributed by atoms with Crippen LogP contribution in [0, 0.1) is 20.8 Å². The first kappa shape index (κ1) is 18.3. The average molecular weight is 380 g/mol. The number of aryl methyl sites for hydroxylation is 3. The zero-order chi connectivity index (χ0) is 19.7. The molecule has 1 aromatic carbocycles. The molecule has 0 saturated carbocycles. The molecule has 1 aliphatic heterocycles. The number of hydrogen-bond acceptors (Lipinski definition) is 5. The number of ether oxygens (including phenoxy) is 2. The molecule has 0 spiro atoms. The highest BCUT2D eigenvalue weighted by atomic mass is 16.6. The minimum absolute atomic E-state index is 0.0157. The van der Waals surface area contributed by atoms with Gasteiger partial charge in [0.1, 0.15) is 12.7 Å². The Kier molecular flexibility index (Phi) is 4.90. The predicted molar refractivity (Wildman–Crippen MR) is 105 cm³/mol. The lowest BCUT2D eigenvalue weighted by atomic mass is 10.1. The Balaban J connectivity index is 1.33. The van der Waals surface area contributed by atoms with Crippen molar-refractivity contribution in [1.82, 2.24) is 19.9 Å². The second-order valence-electron chi connectivity index (χ2n) is 7.12. The molecule has 0 radical (unpaired) electrons. The van der Waals surface area contributed by atoms with E-state index in [1.165, 1.54) is 0 Å². The number of para-hydroxylation sites is 2. The van der Waals surface area contributed by atoms with Crippen LogP contribution in [0.3, 0.4) is 0 Å². The molecular formula is C21H24N4O3. The molecule has 0 unspecified atom stereocenters. The Hall–Kier alpha value is -3.09. The van der Waals surface area contributed by atoms with Gasteiger partial charge in [0.15, 0.2) is 17.1 Å². The molecule has 0 saturated heterocycles. The van der Waals surface area contributed by atoms with Crippen LogP contribution < -0.4 is 14.8 Å². The van der Waals surface area contributed by atoms with Crippen molar-refractivity contribution in [1.29, 1.82) is 0 Å². The number of aromatic nitrogens is 3. The molecule has 1 atom stereocenters. The summed E-state index contributed by atoms with van der Waals surface area (Å²) in [5.41, 5.74) is 4.82. The molecule has 0 bridgehead atoms. The number of carbonyl (C=O) groups excluding carboxylic acids is 1. The zero-order valence-corrected chi connectivity index (χ0v) is 16.4. The Morgan fingerprint density at radius 2 is 2.04 bits per heavy atom. The molecule has 3 heterocycles. The van der Waals surface area contributed by atoms with Crippen LogP contribution in [0.15, 0.2) is 30.3 Å². The zero-order valence-electron chi connectivity index (χ0n) is 16.4. The summed E-state index contributed by atoms with van der Waals surface area (Å²) < 4.78 is 13.4. The van der Waals surface area contributed by atoms with Crippen LogP contribution in [-0.4, -0.2) is 39.8 Å². The van der Waals surface area contributed by atoms with Crippen molar-refractivity contribution in [2.75, 3.05) is 13.2 Å². The first-order chi connectivity index (χ1) is 13.5. The Bertz CT molecular complexity index is 1030. The predicted octanol–water partition coefficient (Wildman–Crippen LogP) is 2.54. The molecule has 1 N–H and O–H groups in total. The van der Waals surface area contributed by atoms with Crippen molar-refractivity contribution in [3.05, 3.63) is 53.0 Å². The van der Waals surface area contributed by atoms with Gasteiger partial charge in [0.25, 0.3) is 0 Å². The maximum absolute atomic E-state index is 12.3. The third-order valence-electron chi connectivity index (χ3n) is 4.98. The summed E-state index contributed by atoms with van der Waals surface area (Å²) in [7, 11) is 0. The third kappa shape index (κ3) is 3.65. The minimum atomic E-state index is -0.188. The van der Waals surface area contributed by atoms with Gasteiger partial charge < -0.3 is 14.8 Å². The molecule has 28 heavy (non-hydrogen) atoms. The summed E-state index contributed by atoms with van der Waals surface area (Å²) in [6.45, 7) is 6.79. The monoisotopic (exact) mass is 380 g/mol. The fourth-order valence-corrected chi connectivity index (χ4v) is 3.52. The van der Waals surface area contributed by atoms with Crippen molar-refractivity contribution >= 4 is 11.6 Å². The molecule has 7 heteroatoms. The molecule has 2 aromatic heterocycles. The molecule has 146 valence electrons. The van der Waals surface area contributed by atoms with Crippen molar-refractivity contribution in [2.45, 2.75) is 39.7 Å². The summed E-state index contributed by atoms with van der Waals surface area (Å²) >= 11 is 0. The fourth-order valence-electron chi connectivity index (χ4n) is 3.52. The van der Waals surface area contributed by atoms with Crippen molar-refractivity contribution < 1.29 is 14.3 Å². The van der Waals surface area contributed by atoms with Crippen LogP contribution in [0.2, 0.25) is 0 Å². The molecular weight excluding hydrogens is 356 g/mol. The van der Waals surface area contributed by atoms with Gasteiger partial charge in [0.05, 0.1) is 12.2 Å². The Morgan fingerprint density at radius 1 is 1.25 bits per heavy atom. The van der Waals surface area contributed by atoms with E-state index in [0.717, 1.165) is 34.0 Å². The van der Waals surface area contributed by atoms with Gasteiger partial charge in [-0.05, 0) is 44.9 Å². The van der Waals surface area contributed by atoms with Crippen LogP contribution in [0.25, 0.3) is 5.65 Å². The molecule has 0 aliphatic carbocycles. The van der Waals surface area contributed by atoms with Gasteiger partial charge in [-0.25, -0.2) is 9.50 Å². The molecule has 4 rings (SSSR count). The van der Waals surface area contributed by atoms with E-state index in [4.69, 9.17) is 9.47 Å². The molecule has 1 aliphatic rings. The normalized spacial score (nSPS) is 15.6. The average Bonchev–Trinajstić information content (AvgIpc) is 3.06. The summed E-state index contributed by atoms with van der Waals surface area (Å²) in [5, 5.41) is 7.43. The van der Waals surface area contributed by atoms with E-state index >= 15 is 0 Å². The van der Waals surface area contributed by atoms with Gasteiger partial charge in [0, 0.05) is 23.9 Å². The maximum Gasteiger partial charge on any atom is 0.220 e. The van der Waals surface area contributed by atoms with Gasteiger partial charge in [-0.1, -0.05) is 12.1 Å². The van der Waals surface area contributed by atoms with Gasteiger partial charge in [-0.15, -0.1) is 0 Å². The largest absolute Gasteiger partial charge is 0.486 e. The molecule has 3 aromatic rings. The second-order valence-corrected chi connectivity index (χ2v) is 7.12. The van der Waals surface area contributed by atoms with Crippen LogP contribution in [0.1, 0.15) is 29.1 Å². The van der Waals surface area contributed by atoms with E-state index in [9.17, 15) is 4.79 Å². The van der Waals surface area contributed by atoms with E-state index in [-0.39, 0.29) is 12.0 Å². The van der Waals surface area contributed by atoms with Crippen molar-refractivity contribution in [3.8, 4) is 11.5 Å². The number of benzene rings is 1. The fraction of sp³-hybridized carbons (Fsp3) is 0.381. The lowest BCUT2D eigenvalue weighted by Gasteiger charge is -2.26. The molecule has 1 amide bonds. The molecule has 7 nitrogen and oxygen atoms in total. The highest BCUT2D eigenvalue weighted by Crippen LogP contribution is 2.30. The molecule has 0 fully saturated rings. The Morgan fingerprint density at radius 3 is 2.86 bits per heavy atom. The van der Waals surface area contributed by atoms with Gasteiger partial charge in [0.2, 0.25) is 5.91 Å². The first-order valence-corrected chi connectivity index (χ1v) is 9.49. The van der Waals surface area contributed by atoms with Crippen molar-refractivity contribution in [3.63, 3.8) is 0 Å². The number of fused-ring (bicyclic) bond motifs is 2. The van der Waals surface area contributed by atoms with Crippen LogP contribution in [0.4, 0.5) is 0 Å². The number of nitrogens with one attached hydrogen (secondary N) is 1. The van der Waals surface area contributed by atoms with Gasteiger partial charge in [-0.2, -0.15) is 5.10 Å². The van der Waals surface area contributed by atoms with Crippen LogP contribution in [0.5, 0.6) is 11.5 Å². The lowest BCUT2D eigenvalue weighted by molar-refractivity contribution is -0.121. The summed E-state index contributed by atoms with van der Waals surface area (Å²) in [4.78, 5) is 17.0. The highest BCUT2D eigenvalue weighted by molar-refractivity contribution is 5.76. The number of amides is 1. The summed E-state index contributed by atoms with van der Waals surface area (Å²) in [6.07, 6.45) is 0.822. The lowest BCUT2D eigenvalue weighted by Crippen LogP contribution is -2.40. The topological polar surface area (TPSA) is 77.8 Å².